The molecule has 2 aromatic carbocycles. The number of aryl methyl sites for hydroxylation is 1. The zero-order chi connectivity index (χ0) is 19.5. The van der Waals surface area contributed by atoms with Gasteiger partial charge in [-0.3, -0.25) is 14.4 Å². The van der Waals surface area contributed by atoms with E-state index in [1.165, 1.54) is 11.3 Å². The maximum atomic E-state index is 13.3. The van der Waals surface area contributed by atoms with Crippen molar-refractivity contribution in [1.82, 2.24) is 14.8 Å². The number of amides is 1. The molecule has 0 aliphatic heterocycles. The summed E-state index contributed by atoms with van der Waals surface area (Å²) >= 11 is 1.48. The van der Waals surface area contributed by atoms with Crippen LogP contribution in [0.3, 0.4) is 0 Å². The molecule has 2 heterocycles. The van der Waals surface area contributed by atoms with Gasteiger partial charge in [-0.05, 0) is 30.7 Å². The Morgan fingerprint density at radius 3 is 2.75 bits per heavy atom. The van der Waals surface area contributed by atoms with Crippen LogP contribution in [0.2, 0.25) is 0 Å². The van der Waals surface area contributed by atoms with E-state index in [9.17, 15) is 4.79 Å². The molecule has 6 nitrogen and oxygen atoms in total. The maximum absolute atomic E-state index is 13.3. The summed E-state index contributed by atoms with van der Waals surface area (Å²) in [5.41, 5.74) is 2.43. The Balaban J connectivity index is 1.74. The van der Waals surface area contributed by atoms with E-state index in [0.29, 0.717) is 23.8 Å². The number of benzene rings is 2. The molecular formula is C21H20N4O2S. The van der Waals surface area contributed by atoms with Crippen LogP contribution in [0.15, 0.2) is 60.9 Å². The van der Waals surface area contributed by atoms with Crippen molar-refractivity contribution in [3.8, 4) is 5.75 Å². The van der Waals surface area contributed by atoms with Gasteiger partial charge in [0, 0.05) is 12.7 Å². The van der Waals surface area contributed by atoms with Gasteiger partial charge in [-0.1, -0.05) is 41.7 Å². The highest BCUT2D eigenvalue weighted by Crippen LogP contribution is 2.33. The van der Waals surface area contributed by atoms with Gasteiger partial charge in [0.2, 0.25) is 0 Å². The number of thiazole rings is 1. The third-order valence-corrected chi connectivity index (χ3v) is 5.49. The molecule has 0 aliphatic rings. The first kappa shape index (κ1) is 18.2. The van der Waals surface area contributed by atoms with Crippen LogP contribution in [-0.2, 0) is 13.1 Å². The Morgan fingerprint density at radius 2 is 2.04 bits per heavy atom. The van der Waals surface area contributed by atoms with Crippen LogP contribution in [0.25, 0.3) is 10.2 Å². The first-order valence-corrected chi connectivity index (χ1v) is 9.82. The Bertz CT molecular complexity index is 1100. The molecule has 2 aromatic heterocycles. The van der Waals surface area contributed by atoms with Crippen molar-refractivity contribution in [3.05, 3.63) is 72.1 Å². The van der Waals surface area contributed by atoms with Crippen molar-refractivity contribution in [1.29, 1.82) is 0 Å². The molecule has 0 radical (unpaired) electrons. The summed E-state index contributed by atoms with van der Waals surface area (Å²) < 4.78 is 8.03. The highest BCUT2D eigenvalue weighted by Gasteiger charge is 2.23. The molecule has 0 bridgehead atoms. The molecule has 0 atom stereocenters. The molecule has 1 amide bonds. The summed E-state index contributed by atoms with van der Waals surface area (Å²) in [5, 5.41) is 4.89. The lowest BCUT2D eigenvalue weighted by Crippen LogP contribution is -2.30. The topological polar surface area (TPSA) is 60.2 Å². The first-order chi connectivity index (χ1) is 13.7. The summed E-state index contributed by atoms with van der Waals surface area (Å²) in [6.45, 7) is 3.14. The number of nitrogens with zero attached hydrogens (tertiary/aromatic N) is 4. The fourth-order valence-electron chi connectivity index (χ4n) is 2.93. The lowest BCUT2D eigenvalue weighted by molar-refractivity contribution is 0.0985. The molecule has 4 rings (SSSR count). The van der Waals surface area contributed by atoms with Gasteiger partial charge in [-0.15, -0.1) is 0 Å². The van der Waals surface area contributed by atoms with Gasteiger partial charge in [-0.25, -0.2) is 4.98 Å². The monoisotopic (exact) mass is 392 g/mol. The van der Waals surface area contributed by atoms with Gasteiger partial charge in [0.05, 0.1) is 35.6 Å². The van der Waals surface area contributed by atoms with Crippen molar-refractivity contribution in [2.24, 2.45) is 0 Å². The third kappa shape index (κ3) is 3.61. The maximum Gasteiger partial charge on any atom is 0.263 e. The number of ether oxygens (including phenoxy) is 1. The quantitative estimate of drug-likeness (QED) is 0.489. The van der Waals surface area contributed by atoms with Crippen LogP contribution in [0.4, 0.5) is 5.13 Å². The van der Waals surface area contributed by atoms with E-state index in [1.807, 2.05) is 55.5 Å². The molecule has 0 aliphatic carbocycles. The van der Waals surface area contributed by atoms with Crippen molar-refractivity contribution in [2.75, 3.05) is 12.0 Å². The van der Waals surface area contributed by atoms with E-state index in [1.54, 1.807) is 29.1 Å². The molecule has 142 valence electrons. The van der Waals surface area contributed by atoms with Crippen LogP contribution >= 0.6 is 11.3 Å². The SMILES string of the molecule is CCn1cc(C(=O)N(Cc2ccccc2)c2nc3ccc(OC)cc3s2)cn1. The zero-order valence-electron chi connectivity index (χ0n) is 15.7. The van der Waals surface area contributed by atoms with Crippen molar-refractivity contribution in [2.45, 2.75) is 20.0 Å². The molecule has 0 saturated heterocycles. The van der Waals surface area contributed by atoms with Crippen LogP contribution in [0.1, 0.15) is 22.8 Å². The predicted octanol–water partition coefficient (Wildman–Crippen LogP) is 4.37. The largest absolute Gasteiger partial charge is 0.497 e. The molecule has 28 heavy (non-hydrogen) atoms. The summed E-state index contributed by atoms with van der Waals surface area (Å²) in [6.07, 6.45) is 3.39. The molecular weight excluding hydrogens is 372 g/mol. The van der Waals surface area contributed by atoms with Gasteiger partial charge in [0.15, 0.2) is 5.13 Å². The van der Waals surface area contributed by atoms with E-state index < -0.39 is 0 Å². The molecule has 0 unspecified atom stereocenters. The molecule has 0 saturated carbocycles. The highest BCUT2D eigenvalue weighted by atomic mass is 32.1. The highest BCUT2D eigenvalue weighted by molar-refractivity contribution is 7.22. The van der Waals surface area contributed by atoms with Gasteiger partial charge in [-0.2, -0.15) is 5.10 Å². The normalized spacial score (nSPS) is 10.9. The van der Waals surface area contributed by atoms with E-state index >= 15 is 0 Å². The zero-order valence-corrected chi connectivity index (χ0v) is 16.5. The average Bonchev–Trinajstić information content (AvgIpc) is 3.38. The smallest absolute Gasteiger partial charge is 0.263 e. The minimum atomic E-state index is -0.116. The molecule has 0 spiro atoms. The lowest BCUT2D eigenvalue weighted by atomic mass is 10.2. The number of methoxy groups -OCH3 is 1. The minimum absolute atomic E-state index is 0.116. The Morgan fingerprint density at radius 1 is 1.21 bits per heavy atom. The van der Waals surface area contributed by atoms with E-state index in [-0.39, 0.29) is 5.91 Å². The predicted molar refractivity (Wildman–Crippen MR) is 111 cm³/mol. The number of anilines is 1. The number of fused-ring (bicyclic) bond motifs is 1. The number of aromatic nitrogens is 3. The summed E-state index contributed by atoms with van der Waals surface area (Å²) in [7, 11) is 1.64. The van der Waals surface area contributed by atoms with Crippen LogP contribution in [0.5, 0.6) is 5.75 Å². The minimum Gasteiger partial charge on any atom is -0.497 e. The van der Waals surface area contributed by atoms with Gasteiger partial charge >= 0.3 is 0 Å². The van der Waals surface area contributed by atoms with Crippen molar-refractivity contribution < 1.29 is 9.53 Å². The summed E-state index contributed by atoms with van der Waals surface area (Å²) in [4.78, 5) is 19.7. The lowest BCUT2D eigenvalue weighted by Gasteiger charge is -2.19. The number of hydrogen-bond acceptors (Lipinski definition) is 5. The molecule has 7 heteroatoms. The van der Waals surface area contributed by atoms with Gasteiger partial charge in [0.1, 0.15) is 5.75 Å². The average molecular weight is 392 g/mol. The summed E-state index contributed by atoms with van der Waals surface area (Å²) in [5.74, 6) is 0.655. The number of hydrogen-bond donors (Lipinski definition) is 0. The van der Waals surface area contributed by atoms with Gasteiger partial charge < -0.3 is 4.74 Å². The Labute approximate surface area is 167 Å². The van der Waals surface area contributed by atoms with Crippen molar-refractivity contribution >= 4 is 32.6 Å². The molecule has 0 N–H and O–H groups in total. The van der Waals surface area contributed by atoms with Crippen LogP contribution in [0, 0.1) is 0 Å². The molecule has 0 fully saturated rings. The number of carbonyl (C=O) groups excluding carboxylic acids is 1. The van der Waals surface area contributed by atoms with E-state index in [0.717, 1.165) is 21.5 Å². The number of rotatable bonds is 6. The summed E-state index contributed by atoms with van der Waals surface area (Å²) in [6, 6.07) is 15.6. The fraction of sp³-hybridized carbons (Fsp3) is 0.190. The Kier molecular flexibility index (Phi) is 5.08. The second-order valence-electron chi connectivity index (χ2n) is 6.29. The van der Waals surface area contributed by atoms with Crippen LogP contribution < -0.4 is 9.64 Å². The third-order valence-electron chi connectivity index (χ3n) is 4.45. The second kappa shape index (κ2) is 7.82. The van der Waals surface area contributed by atoms with E-state index in [4.69, 9.17) is 9.72 Å². The van der Waals surface area contributed by atoms with Crippen molar-refractivity contribution in [3.63, 3.8) is 0 Å². The van der Waals surface area contributed by atoms with Gasteiger partial charge in [0.25, 0.3) is 5.91 Å². The number of carbonyl (C=O) groups is 1. The standard InChI is InChI=1S/C21H20N4O2S/c1-3-24-14-16(12-22-24)20(26)25(13-15-7-5-4-6-8-15)21-23-18-10-9-17(27-2)11-19(18)28-21/h4-12,14H,3,13H2,1-2H3. The second-order valence-corrected chi connectivity index (χ2v) is 7.30. The first-order valence-electron chi connectivity index (χ1n) is 9.00. The van der Waals surface area contributed by atoms with Crippen LogP contribution in [-0.4, -0.2) is 27.8 Å². The fourth-order valence-corrected chi connectivity index (χ4v) is 3.92. The van der Waals surface area contributed by atoms with E-state index in [2.05, 4.69) is 5.10 Å². The Hall–Kier alpha value is -3.19. The molecule has 4 aromatic rings.